The quantitative estimate of drug-likeness (QED) is 0.0197. The van der Waals surface area contributed by atoms with Gasteiger partial charge in [0.05, 0.1) is 19.8 Å². The molecule has 0 saturated heterocycles. The van der Waals surface area contributed by atoms with Crippen molar-refractivity contribution in [2.75, 3.05) is 26.4 Å². The largest absolute Gasteiger partial charge is 0.472 e. The average Bonchev–Trinajstić information content (AvgIpc) is 3.37. The van der Waals surface area contributed by atoms with Crippen molar-refractivity contribution in [2.45, 2.75) is 277 Å². The summed E-state index contributed by atoms with van der Waals surface area (Å²) in [6.45, 7) is 4.46. The Labute approximate surface area is 440 Å². The number of carbonyl (C=O) groups is 3. The molecule has 2 N–H and O–H groups in total. The van der Waals surface area contributed by atoms with Crippen LogP contribution in [-0.2, 0) is 42.2 Å². The van der Waals surface area contributed by atoms with Crippen LogP contribution >= 0.6 is 7.82 Å². The Morgan fingerprint density at radius 2 is 0.750 bits per heavy atom. The molecular weight excluding hydrogens is 928 g/mol. The Balaban J connectivity index is 4.76. The van der Waals surface area contributed by atoms with Crippen molar-refractivity contribution in [2.24, 2.45) is 0 Å². The molecule has 418 valence electrons. The highest BCUT2D eigenvalue weighted by atomic mass is 31.2. The molecule has 0 aromatic heterocycles. The topological polar surface area (TPSA) is 155 Å². The molecule has 0 rings (SSSR count). The highest BCUT2D eigenvalue weighted by Crippen LogP contribution is 2.43. The first-order chi connectivity index (χ1) is 35.2. The molecule has 72 heavy (non-hydrogen) atoms. The standard InChI is InChI=1S/C60H107O11P/c1-4-7-10-13-16-19-22-25-27-28-30-32-34-37-40-43-46-49-58(62)67-53-57(71-60(64)51-48-45-42-39-36-33-29-26-23-20-17-14-11-8-5-2)55-69-72(65,66)68-54-56(52-61)70-59(63)50-47-44-41-38-35-31-24-21-18-15-12-9-6-3/h9,12,18,21,26,29,31,35,41,44,56-57,61H,4-8,10-11,13-17,19-20,22-25,27-28,30,32-34,36-40,42-43,45-55H2,1-3H3,(H,65,66)/b12-9-,21-18-,29-26-,35-31-,44-41-. The van der Waals surface area contributed by atoms with Crippen molar-refractivity contribution in [3.8, 4) is 0 Å². The van der Waals surface area contributed by atoms with Crippen LogP contribution in [0.4, 0.5) is 0 Å². The average molecular weight is 1040 g/mol. The second kappa shape index (κ2) is 54.4. The zero-order valence-corrected chi connectivity index (χ0v) is 47.0. The molecule has 0 amide bonds. The van der Waals surface area contributed by atoms with Crippen LogP contribution in [0.15, 0.2) is 60.8 Å². The number of aliphatic hydroxyl groups excluding tert-OH is 1. The van der Waals surface area contributed by atoms with E-state index in [2.05, 4.69) is 69.4 Å². The maximum absolute atomic E-state index is 12.9. The molecule has 0 aliphatic carbocycles. The van der Waals surface area contributed by atoms with Crippen molar-refractivity contribution in [3.05, 3.63) is 60.8 Å². The maximum atomic E-state index is 12.9. The van der Waals surface area contributed by atoms with Gasteiger partial charge in [0.15, 0.2) is 6.10 Å². The lowest BCUT2D eigenvalue weighted by Gasteiger charge is -2.21. The lowest BCUT2D eigenvalue weighted by atomic mass is 10.0. The minimum Gasteiger partial charge on any atom is -0.462 e. The molecule has 0 heterocycles. The molecule has 0 spiro atoms. The molecule has 11 nitrogen and oxygen atoms in total. The molecule has 3 unspecified atom stereocenters. The van der Waals surface area contributed by atoms with Crippen molar-refractivity contribution in [3.63, 3.8) is 0 Å². The van der Waals surface area contributed by atoms with Crippen LogP contribution in [0.25, 0.3) is 0 Å². The summed E-state index contributed by atoms with van der Waals surface area (Å²) in [5, 5.41) is 9.79. The number of carbonyl (C=O) groups excluding carboxylic acids is 3. The molecule has 0 aliphatic rings. The van der Waals surface area contributed by atoms with E-state index in [1.165, 1.54) is 122 Å². The van der Waals surface area contributed by atoms with E-state index >= 15 is 0 Å². The number of unbranched alkanes of at least 4 members (excludes halogenated alkanes) is 27. The Morgan fingerprint density at radius 1 is 0.403 bits per heavy atom. The summed E-state index contributed by atoms with van der Waals surface area (Å²) in [4.78, 5) is 48.5. The van der Waals surface area contributed by atoms with E-state index in [1.54, 1.807) is 0 Å². The van der Waals surface area contributed by atoms with Gasteiger partial charge in [-0.05, 0) is 70.6 Å². The minimum atomic E-state index is -4.76. The Morgan fingerprint density at radius 3 is 1.19 bits per heavy atom. The molecule has 0 aromatic rings. The van der Waals surface area contributed by atoms with E-state index in [0.717, 1.165) is 83.5 Å². The summed E-state index contributed by atoms with van der Waals surface area (Å²) in [5.74, 6) is -1.55. The van der Waals surface area contributed by atoms with E-state index in [4.69, 9.17) is 23.3 Å². The van der Waals surface area contributed by atoms with Crippen LogP contribution in [0.5, 0.6) is 0 Å². The predicted molar refractivity (Wildman–Crippen MR) is 298 cm³/mol. The molecule has 0 saturated carbocycles. The van der Waals surface area contributed by atoms with Gasteiger partial charge in [-0.3, -0.25) is 23.4 Å². The van der Waals surface area contributed by atoms with Crippen molar-refractivity contribution < 1.29 is 52.2 Å². The Kier molecular flexibility index (Phi) is 52.3. The number of allylic oxidation sites excluding steroid dienone is 10. The number of phosphoric ester groups is 1. The third kappa shape index (κ3) is 52.1. The highest BCUT2D eigenvalue weighted by molar-refractivity contribution is 7.47. The molecule has 0 radical (unpaired) electrons. The summed E-state index contributed by atoms with van der Waals surface area (Å²) in [5.41, 5.74) is 0. The van der Waals surface area contributed by atoms with Gasteiger partial charge in [-0.25, -0.2) is 4.57 Å². The van der Waals surface area contributed by atoms with E-state index < -0.39 is 57.8 Å². The SMILES string of the molecule is CC/C=C\C/C=C\C/C=C\C/C=C\CCC(=O)OC(CO)COP(=O)(O)OCC(COC(=O)CCCCCCCCCCCCCCCCCCC)OC(=O)CCCCCCC/C=C\CCCCCCCC. The maximum Gasteiger partial charge on any atom is 0.472 e. The number of phosphoric acid groups is 1. The smallest absolute Gasteiger partial charge is 0.462 e. The monoisotopic (exact) mass is 1030 g/mol. The summed E-state index contributed by atoms with van der Waals surface area (Å²) in [6.07, 6.45) is 59.1. The van der Waals surface area contributed by atoms with Gasteiger partial charge in [0.1, 0.15) is 12.7 Å². The number of rotatable bonds is 54. The van der Waals surface area contributed by atoms with Gasteiger partial charge in [-0.2, -0.15) is 0 Å². The fourth-order valence-corrected chi connectivity index (χ4v) is 8.80. The number of esters is 3. The molecule has 3 atom stereocenters. The lowest BCUT2D eigenvalue weighted by Crippen LogP contribution is -2.30. The second-order valence-electron chi connectivity index (χ2n) is 19.4. The third-order valence-corrected chi connectivity index (χ3v) is 13.4. The van der Waals surface area contributed by atoms with Gasteiger partial charge in [0, 0.05) is 19.3 Å². The Bertz CT molecular complexity index is 1440. The second-order valence-corrected chi connectivity index (χ2v) is 20.9. The normalized spacial score (nSPS) is 13.8. The first-order valence-electron chi connectivity index (χ1n) is 29.2. The third-order valence-electron chi connectivity index (χ3n) is 12.4. The van der Waals surface area contributed by atoms with Crippen LogP contribution in [0.1, 0.15) is 265 Å². The number of hydrogen-bond donors (Lipinski definition) is 2. The van der Waals surface area contributed by atoms with Crippen LogP contribution in [0.3, 0.4) is 0 Å². The van der Waals surface area contributed by atoms with E-state index in [0.29, 0.717) is 19.3 Å². The summed E-state index contributed by atoms with van der Waals surface area (Å²) >= 11 is 0. The highest BCUT2D eigenvalue weighted by Gasteiger charge is 2.28. The first kappa shape index (κ1) is 69.2. The van der Waals surface area contributed by atoms with E-state index in [-0.39, 0.29) is 25.9 Å². The molecule has 0 aromatic carbocycles. The predicted octanol–water partition coefficient (Wildman–Crippen LogP) is 17.1. The molecule has 0 bridgehead atoms. The number of ether oxygens (including phenoxy) is 3. The zero-order chi connectivity index (χ0) is 52.7. The summed E-state index contributed by atoms with van der Waals surface area (Å²) < 4.78 is 39.4. The fraction of sp³-hybridized carbons (Fsp3) is 0.783. The van der Waals surface area contributed by atoms with Gasteiger partial charge in [-0.1, -0.05) is 236 Å². The van der Waals surface area contributed by atoms with Crippen LogP contribution in [-0.4, -0.2) is 66.5 Å². The first-order valence-corrected chi connectivity index (χ1v) is 30.7. The fourth-order valence-electron chi connectivity index (χ4n) is 8.01. The van der Waals surface area contributed by atoms with Crippen molar-refractivity contribution in [1.29, 1.82) is 0 Å². The molecular formula is C60H107O11P. The van der Waals surface area contributed by atoms with Gasteiger partial charge in [0.25, 0.3) is 0 Å². The zero-order valence-electron chi connectivity index (χ0n) is 46.1. The molecule has 12 heteroatoms. The van der Waals surface area contributed by atoms with Crippen molar-refractivity contribution >= 4 is 25.7 Å². The van der Waals surface area contributed by atoms with Gasteiger partial charge < -0.3 is 24.2 Å². The molecule has 0 aliphatic heterocycles. The number of aliphatic hydroxyl groups is 1. The van der Waals surface area contributed by atoms with Crippen molar-refractivity contribution in [1.82, 2.24) is 0 Å². The van der Waals surface area contributed by atoms with Crippen LogP contribution < -0.4 is 0 Å². The van der Waals surface area contributed by atoms with E-state index in [1.807, 2.05) is 12.2 Å². The van der Waals surface area contributed by atoms with Gasteiger partial charge in [-0.15, -0.1) is 0 Å². The van der Waals surface area contributed by atoms with Gasteiger partial charge >= 0.3 is 25.7 Å². The molecule has 0 fully saturated rings. The van der Waals surface area contributed by atoms with Gasteiger partial charge in [0.2, 0.25) is 0 Å². The summed E-state index contributed by atoms with van der Waals surface area (Å²) in [6, 6.07) is 0. The minimum absolute atomic E-state index is 0.0558. The number of hydrogen-bond acceptors (Lipinski definition) is 10. The lowest BCUT2D eigenvalue weighted by molar-refractivity contribution is -0.161. The Hall–Kier alpha value is -2.82. The van der Waals surface area contributed by atoms with E-state index in [9.17, 15) is 28.9 Å². The summed E-state index contributed by atoms with van der Waals surface area (Å²) in [7, 11) is -4.76. The van der Waals surface area contributed by atoms with Crippen LogP contribution in [0, 0.1) is 0 Å². The van der Waals surface area contributed by atoms with Crippen LogP contribution in [0.2, 0.25) is 0 Å².